The molecule has 90 valence electrons. The lowest BCUT2D eigenvalue weighted by molar-refractivity contribution is -0.146. The Morgan fingerprint density at radius 3 is 2.94 bits per heavy atom. The molecule has 0 amide bonds. The number of nitrogens with one attached hydrogen (secondary N) is 1. The van der Waals surface area contributed by atoms with Crippen LogP contribution in [-0.4, -0.2) is 19.1 Å². The maximum absolute atomic E-state index is 11.0. The Morgan fingerprint density at radius 1 is 1.56 bits per heavy atom. The summed E-state index contributed by atoms with van der Waals surface area (Å²) >= 11 is 1.63. The number of hydrogen-bond acceptors (Lipinski definition) is 4. The largest absolute Gasteiger partial charge is 0.457 e. The predicted molar refractivity (Wildman–Crippen MR) is 66.6 cm³/mol. The molecule has 0 radical (unpaired) electrons. The Morgan fingerprint density at radius 2 is 2.38 bits per heavy atom. The van der Waals surface area contributed by atoms with Crippen LogP contribution in [0, 0.1) is 0 Å². The molecular weight excluding hydrogens is 222 g/mol. The minimum absolute atomic E-state index is 0.0955. The average Bonchev–Trinajstić information content (AvgIpc) is 2.75. The van der Waals surface area contributed by atoms with Gasteiger partial charge in [-0.15, -0.1) is 11.3 Å². The Balaban J connectivity index is 2.42. The summed E-state index contributed by atoms with van der Waals surface area (Å²) in [7, 11) is 0. The van der Waals surface area contributed by atoms with Crippen LogP contribution in [0.25, 0.3) is 0 Å². The second-order valence-corrected chi connectivity index (χ2v) is 4.63. The molecule has 1 N–H and O–H groups in total. The van der Waals surface area contributed by atoms with Gasteiger partial charge in [0.15, 0.2) is 0 Å². The highest BCUT2D eigenvalue weighted by molar-refractivity contribution is 7.10. The molecule has 0 aliphatic rings. The van der Waals surface area contributed by atoms with E-state index in [2.05, 4.69) is 12.2 Å². The maximum Gasteiger partial charge on any atom is 0.303 e. The van der Waals surface area contributed by atoms with Crippen molar-refractivity contribution in [3.05, 3.63) is 22.4 Å². The van der Waals surface area contributed by atoms with E-state index in [0.29, 0.717) is 0 Å². The number of rotatable bonds is 7. The van der Waals surface area contributed by atoms with Crippen molar-refractivity contribution < 1.29 is 9.53 Å². The molecule has 16 heavy (non-hydrogen) atoms. The molecule has 0 saturated carbocycles. The van der Waals surface area contributed by atoms with E-state index in [1.807, 2.05) is 17.5 Å². The number of ether oxygens (including phenoxy) is 1. The summed E-state index contributed by atoms with van der Waals surface area (Å²) in [6.07, 6.45) is 1.86. The van der Waals surface area contributed by atoms with Crippen LogP contribution < -0.4 is 5.32 Å². The summed E-state index contributed by atoms with van der Waals surface area (Å²) in [6.45, 7) is 5.48. The average molecular weight is 241 g/mol. The molecule has 0 bridgehead atoms. The van der Waals surface area contributed by atoms with Crippen LogP contribution in [0.1, 0.15) is 37.7 Å². The zero-order valence-electron chi connectivity index (χ0n) is 9.86. The fraction of sp³-hybridized carbons (Fsp3) is 0.583. The van der Waals surface area contributed by atoms with Crippen molar-refractivity contribution in [2.24, 2.45) is 0 Å². The smallest absolute Gasteiger partial charge is 0.303 e. The Labute approximate surface area is 101 Å². The van der Waals surface area contributed by atoms with Crippen molar-refractivity contribution >= 4 is 17.3 Å². The van der Waals surface area contributed by atoms with Crippen LogP contribution in [0.3, 0.4) is 0 Å². The van der Waals surface area contributed by atoms with Crippen molar-refractivity contribution in [3.63, 3.8) is 0 Å². The zero-order valence-corrected chi connectivity index (χ0v) is 10.7. The zero-order chi connectivity index (χ0) is 11.8. The van der Waals surface area contributed by atoms with E-state index in [0.717, 1.165) is 30.8 Å². The second kappa shape index (κ2) is 7.41. The standard InChI is InChI=1S/C12H19NO2S/c1-3-7-13-8-6-11(15-10(2)14)12-5-4-9-16-12/h4-5,9,11,13H,3,6-8H2,1-2H3. The minimum atomic E-state index is -0.214. The van der Waals surface area contributed by atoms with E-state index in [9.17, 15) is 4.79 Å². The van der Waals surface area contributed by atoms with Crippen LogP contribution in [0.4, 0.5) is 0 Å². The highest BCUT2D eigenvalue weighted by Gasteiger charge is 2.14. The van der Waals surface area contributed by atoms with E-state index in [-0.39, 0.29) is 12.1 Å². The topological polar surface area (TPSA) is 38.3 Å². The fourth-order valence-electron chi connectivity index (χ4n) is 1.47. The van der Waals surface area contributed by atoms with Crippen molar-refractivity contribution in [2.45, 2.75) is 32.8 Å². The molecule has 0 aromatic carbocycles. The first-order valence-electron chi connectivity index (χ1n) is 5.65. The summed E-state index contributed by atoms with van der Waals surface area (Å²) < 4.78 is 5.31. The van der Waals surface area contributed by atoms with Crippen LogP contribution in [0.5, 0.6) is 0 Å². The molecule has 1 aromatic rings. The van der Waals surface area contributed by atoms with Gasteiger partial charge in [-0.05, 0) is 31.0 Å². The summed E-state index contributed by atoms with van der Waals surface area (Å²) in [5, 5.41) is 5.32. The molecule has 0 spiro atoms. The highest BCUT2D eigenvalue weighted by atomic mass is 32.1. The number of esters is 1. The van der Waals surface area contributed by atoms with Gasteiger partial charge in [0.25, 0.3) is 0 Å². The van der Waals surface area contributed by atoms with Gasteiger partial charge in [0, 0.05) is 18.2 Å². The van der Waals surface area contributed by atoms with Gasteiger partial charge in [-0.3, -0.25) is 4.79 Å². The molecule has 0 aliphatic carbocycles. The predicted octanol–water partition coefficient (Wildman–Crippen LogP) is 2.74. The van der Waals surface area contributed by atoms with Gasteiger partial charge >= 0.3 is 5.97 Å². The molecule has 4 heteroatoms. The monoisotopic (exact) mass is 241 g/mol. The first-order chi connectivity index (χ1) is 7.74. The third kappa shape index (κ3) is 4.77. The molecule has 0 fully saturated rings. The number of carbonyl (C=O) groups excluding carboxylic acids is 1. The normalized spacial score (nSPS) is 12.4. The molecule has 1 aromatic heterocycles. The lowest BCUT2D eigenvalue weighted by Gasteiger charge is -2.15. The first kappa shape index (κ1) is 13.2. The van der Waals surface area contributed by atoms with Crippen molar-refractivity contribution in [2.75, 3.05) is 13.1 Å². The molecule has 0 aliphatic heterocycles. The Bertz CT molecular complexity index is 298. The van der Waals surface area contributed by atoms with Gasteiger partial charge in [-0.25, -0.2) is 0 Å². The quantitative estimate of drug-likeness (QED) is 0.589. The van der Waals surface area contributed by atoms with E-state index in [4.69, 9.17) is 4.74 Å². The molecular formula is C12H19NO2S. The number of hydrogen-bond donors (Lipinski definition) is 1. The summed E-state index contributed by atoms with van der Waals surface area (Å²) in [4.78, 5) is 12.1. The molecule has 1 atom stereocenters. The van der Waals surface area contributed by atoms with Crippen molar-refractivity contribution in [1.29, 1.82) is 0 Å². The van der Waals surface area contributed by atoms with Crippen molar-refractivity contribution in [1.82, 2.24) is 5.32 Å². The SMILES string of the molecule is CCCNCCC(OC(C)=O)c1cccs1. The molecule has 1 unspecified atom stereocenters. The number of thiophene rings is 1. The van der Waals surface area contributed by atoms with Crippen LogP contribution in [-0.2, 0) is 9.53 Å². The van der Waals surface area contributed by atoms with Gasteiger partial charge < -0.3 is 10.1 Å². The fourth-order valence-corrected chi connectivity index (χ4v) is 2.26. The van der Waals surface area contributed by atoms with Crippen LogP contribution in [0.2, 0.25) is 0 Å². The summed E-state index contributed by atoms with van der Waals surface area (Å²) in [5.41, 5.74) is 0. The van der Waals surface area contributed by atoms with Crippen molar-refractivity contribution in [3.8, 4) is 0 Å². The molecule has 1 rings (SSSR count). The lowest BCUT2D eigenvalue weighted by Crippen LogP contribution is -2.19. The Kier molecular flexibility index (Phi) is 6.11. The third-order valence-electron chi connectivity index (χ3n) is 2.18. The second-order valence-electron chi connectivity index (χ2n) is 3.65. The van der Waals surface area contributed by atoms with Crippen LogP contribution >= 0.6 is 11.3 Å². The van der Waals surface area contributed by atoms with Crippen LogP contribution in [0.15, 0.2) is 17.5 Å². The highest BCUT2D eigenvalue weighted by Crippen LogP contribution is 2.25. The first-order valence-corrected chi connectivity index (χ1v) is 6.53. The van der Waals surface area contributed by atoms with Gasteiger partial charge in [-0.2, -0.15) is 0 Å². The summed E-state index contributed by atoms with van der Waals surface area (Å²) in [6, 6.07) is 3.99. The van der Waals surface area contributed by atoms with Gasteiger partial charge in [0.2, 0.25) is 0 Å². The Hall–Kier alpha value is -0.870. The van der Waals surface area contributed by atoms with Gasteiger partial charge in [0.05, 0.1) is 0 Å². The van der Waals surface area contributed by atoms with Gasteiger partial charge in [0.1, 0.15) is 6.10 Å². The lowest BCUT2D eigenvalue weighted by atomic mass is 10.2. The molecule has 1 heterocycles. The minimum Gasteiger partial charge on any atom is -0.457 e. The van der Waals surface area contributed by atoms with E-state index < -0.39 is 0 Å². The van der Waals surface area contributed by atoms with E-state index in [1.54, 1.807) is 11.3 Å². The third-order valence-corrected chi connectivity index (χ3v) is 3.14. The maximum atomic E-state index is 11.0. The molecule has 3 nitrogen and oxygen atoms in total. The molecule has 0 saturated heterocycles. The van der Waals surface area contributed by atoms with E-state index in [1.165, 1.54) is 6.92 Å². The number of carbonyl (C=O) groups is 1. The van der Waals surface area contributed by atoms with Gasteiger partial charge in [-0.1, -0.05) is 13.0 Å². The van der Waals surface area contributed by atoms with E-state index >= 15 is 0 Å². The summed E-state index contributed by atoms with van der Waals surface area (Å²) in [5.74, 6) is -0.214.